The van der Waals surface area contributed by atoms with Gasteiger partial charge in [-0.15, -0.1) is 10.2 Å². The fraction of sp³-hybridized carbons (Fsp3) is 0.500. The van der Waals surface area contributed by atoms with Crippen LogP contribution in [-0.4, -0.2) is 70.8 Å². The molecule has 11 nitrogen and oxygen atoms in total. The van der Waals surface area contributed by atoms with Crippen LogP contribution in [0.25, 0.3) is 11.5 Å². The van der Waals surface area contributed by atoms with Gasteiger partial charge in [-0.2, -0.15) is 0 Å². The first-order valence-electron chi connectivity index (χ1n) is 10.9. The first-order chi connectivity index (χ1) is 16.2. The molecular formula is C22H28N6O5S. The van der Waals surface area contributed by atoms with E-state index in [-0.39, 0.29) is 25.0 Å². The molecule has 0 spiro atoms. The van der Waals surface area contributed by atoms with Gasteiger partial charge < -0.3 is 14.2 Å². The Morgan fingerprint density at radius 1 is 1.18 bits per heavy atom. The van der Waals surface area contributed by atoms with Crippen molar-refractivity contribution >= 4 is 9.84 Å². The summed E-state index contributed by atoms with van der Waals surface area (Å²) in [4.78, 5) is 13.1. The van der Waals surface area contributed by atoms with Crippen molar-refractivity contribution in [2.45, 2.75) is 43.7 Å². The highest BCUT2D eigenvalue weighted by molar-refractivity contribution is 7.91. The molecule has 34 heavy (non-hydrogen) atoms. The zero-order valence-corrected chi connectivity index (χ0v) is 20.6. The fourth-order valence-corrected chi connectivity index (χ4v) is 5.39. The number of nitrogens with zero attached hydrogens (tertiary/aromatic N) is 6. The van der Waals surface area contributed by atoms with Gasteiger partial charge in [0, 0.05) is 31.5 Å². The van der Waals surface area contributed by atoms with Crippen molar-refractivity contribution in [3.63, 3.8) is 0 Å². The highest BCUT2D eigenvalue weighted by Crippen LogP contribution is 2.35. The van der Waals surface area contributed by atoms with Crippen LogP contribution in [0.4, 0.5) is 0 Å². The molecular weight excluding hydrogens is 460 g/mol. The Hall–Kier alpha value is -3.12. The second-order valence-corrected chi connectivity index (χ2v) is 10.7. The SMILES string of the molecule is COC[C@@H]1COc2ccc(OC)nc2-c2nnc(CS(=O)(=O)[C@@H](C)[C@H](C)c3ncc(C)cn3)n21. The summed E-state index contributed by atoms with van der Waals surface area (Å²) in [6.07, 6.45) is 3.37. The van der Waals surface area contributed by atoms with E-state index in [1.54, 1.807) is 43.1 Å². The maximum atomic E-state index is 13.4. The highest BCUT2D eigenvalue weighted by Gasteiger charge is 2.34. The molecule has 12 heteroatoms. The quantitative estimate of drug-likeness (QED) is 0.464. The Balaban J connectivity index is 1.70. The van der Waals surface area contributed by atoms with Crippen LogP contribution in [0.15, 0.2) is 24.5 Å². The zero-order valence-electron chi connectivity index (χ0n) is 19.8. The monoisotopic (exact) mass is 488 g/mol. The lowest BCUT2D eigenvalue weighted by Crippen LogP contribution is -2.29. The molecule has 4 heterocycles. The van der Waals surface area contributed by atoms with Gasteiger partial charge in [0.25, 0.3) is 0 Å². The van der Waals surface area contributed by atoms with E-state index in [4.69, 9.17) is 14.2 Å². The fourth-order valence-electron chi connectivity index (χ4n) is 3.83. The minimum absolute atomic E-state index is 0.246. The zero-order chi connectivity index (χ0) is 24.5. The molecule has 3 aromatic rings. The van der Waals surface area contributed by atoms with Gasteiger partial charge in [-0.1, -0.05) is 6.92 Å². The topological polar surface area (TPSA) is 131 Å². The van der Waals surface area contributed by atoms with E-state index in [9.17, 15) is 8.42 Å². The third-order valence-corrected chi connectivity index (χ3v) is 8.19. The molecule has 0 amide bonds. The molecule has 0 aliphatic carbocycles. The van der Waals surface area contributed by atoms with Gasteiger partial charge in [0.1, 0.15) is 29.8 Å². The van der Waals surface area contributed by atoms with Gasteiger partial charge in [0.2, 0.25) is 5.88 Å². The number of methoxy groups -OCH3 is 2. The van der Waals surface area contributed by atoms with E-state index in [2.05, 4.69) is 25.1 Å². The Morgan fingerprint density at radius 2 is 1.91 bits per heavy atom. The van der Waals surface area contributed by atoms with E-state index in [0.29, 0.717) is 34.8 Å². The highest BCUT2D eigenvalue weighted by atomic mass is 32.2. The minimum atomic E-state index is -3.64. The Labute approximate surface area is 198 Å². The standard InChI is InChI=1S/C22H28N6O5S/c1-13-8-23-21(24-9-13)14(2)15(3)34(29,30)12-18-26-27-22-20-17(6-7-19(25-20)32-5)33-11-16(10-31-4)28(18)22/h6-9,14-16H,10-12H2,1-5H3/t14-,15-,16+/m0/s1. The average Bonchev–Trinajstić information content (AvgIpc) is 3.16. The molecule has 1 aliphatic rings. The number of rotatable bonds is 8. The molecule has 0 radical (unpaired) electrons. The summed E-state index contributed by atoms with van der Waals surface area (Å²) < 4.78 is 45.2. The van der Waals surface area contributed by atoms with Crippen molar-refractivity contribution < 1.29 is 22.6 Å². The van der Waals surface area contributed by atoms with Gasteiger partial charge in [-0.3, -0.25) is 4.57 Å². The predicted octanol–water partition coefficient (Wildman–Crippen LogP) is 2.13. The van der Waals surface area contributed by atoms with Crippen molar-refractivity contribution in [1.82, 2.24) is 29.7 Å². The van der Waals surface area contributed by atoms with Crippen LogP contribution in [0, 0.1) is 6.92 Å². The smallest absolute Gasteiger partial charge is 0.213 e. The lowest BCUT2D eigenvalue weighted by molar-refractivity contribution is 0.124. The first kappa shape index (κ1) is 24.0. The molecule has 4 rings (SSSR count). The predicted molar refractivity (Wildman–Crippen MR) is 123 cm³/mol. The number of aryl methyl sites for hydroxylation is 1. The molecule has 0 bridgehead atoms. The van der Waals surface area contributed by atoms with Crippen LogP contribution in [0.2, 0.25) is 0 Å². The van der Waals surface area contributed by atoms with Gasteiger partial charge in [0.15, 0.2) is 21.4 Å². The van der Waals surface area contributed by atoms with Crippen LogP contribution in [0.5, 0.6) is 11.6 Å². The molecule has 0 fully saturated rings. The molecule has 0 saturated carbocycles. The Bertz CT molecular complexity index is 1260. The second-order valence-electron chi connectivity index (χ2n) is 8.35. The Morgan fingerprint density at radius 3 is 2.59 bits per heavy atom. The number of aromatic nitrogens is 6. The summed E-state index contributed by atoms with van der Waals surface area (Å²) >= 11 is 0. The number of ether oxygens (including phenoxy) is 3. The van der Waals surface area contributed by atoms with Crippen molar-refractivity contribution in [3.8, 4) is 23.1 Å². The van der Waals surface area contributed by atoms with Gasteiger partial charge >= 0.3 is 0 Å². The second kappa shape index (κ2) is 9.63. The summed E-state index contributed by atoms with van der Waals surface area (Å²) in [7, 11) is -0.553. The maximum Gasteiger partial charge on any atom is 0.213 e. The minimum Gasteiger partial charge on any atom is -0.489 e. The molecule has 182 valence electrons. The van der Waals surface area contributed by atoms with E-state index < -0.39 is 21.0 Å². The van der Waals surface area contributed by atoms with Gasteiger partial charge in [-0.25, -0.2) is 23.4 Å². The number of fused-ring (bicyclic) bond motifs is 3. The first-order valence-corrected chi connectivity index (χ1v) is 12.6. The third-order valence-electron chi connectivity index (χ3n) is 5.98. The summed E-state index contributed by atoms with van der Waals surface area (Å²) in [5, 5.41) is 7.80. The van der Waals surface area contributed by atoms with Crippen LogP contribution < -0.4 is 9.47 Å². The summed E-state index contributed by atoms with van der Waals surface area (Å²) in [5.74, 6) is 1.37. The van der Waals surface area contributed by atoms with Crippen LogP contribution in [-0.2, 0) is 20.3 Å². The number of sulfone groups is 1. The van der Waals surface area contributed by atoms with Crippen LogP contribution in [0.1, 0.15) is 43.0 Å². The maximum absolute atomic E-state index is 13.4. The van der Waals surface area contributed by atoms with E-state index in [1.165, 1.54) is 7.11 Å². The van der Waals surface area contributed by atoms with Crippen molar-refractivity contribution in [1.29, 1.82) is 0 Å². The van der Waals surface area contributed by atoms with Crippen molar-refractivity contribution in [2.75, 3.05) is 27.4 Å². The molecule has 1 aliphatic heterocycles. The van der Waals surface area contributed by atoms with Crippen molar-refractivity contribution in [3.05, 3.63) is 41.7 Å². The Kier molecular flexibility index (Phi) is 6.80. The van der Waals surface area contributed by atoms with Gasteiger partial charge in [-0.05, 0) is 25.5 Å². The lowest BCUT2D eigenvalue weighted by Gasteiger charge is -2.21. The molecule has 3 aromatic heterocycles. The largest absolute Gasteiger partial charge is 0.489 e. The van der Waals surface area contributed by atoms with E-state index in [0.717, 1.165) is 5.56 Å². The molecule has 0 N–H and O–H groups in total. The van der Waals surface area contributed by atoms with E-state index in [1.807, 2.05) is 13.8 Å². The number of hydrogen-bond donors (Lipinski definition) is 0. The third kappa shape index (κ3) is 4.60. The average molecular weight is 489 g/mol. The van der Waals surface area contributed by atoms with E-state index >= 15 is 0 Å². The summed E-state index contributed by atoms with van der Waals surface area (Å²) in [6.45, 7) is 5.89. The molecule has 0 aromatic carbocycles. The van der Waals surface area contributed by atoms with Crippen LogP contribution in [0.3, 0.4) is 0 Å². The van der Waals surface area contributed by atoms with Crippen LogP contribution >= 0.6 is 0 Å². The normalized spacial score (nSPS) is 17.1. The molecule has 0 saturated heterocycles. The number of pyridine rings is 1. The molecule has 0 unspecified atom stereocenters. The summed E-state index contributed by atoms with van der Waals surface area (Å²) in [5.41, 5.74) is 1.35. The molecule has 3 atom stereocenters. The van der Waals surface area contributed by atoms with Crippen molar-refractivity contribution in [2.24, 2.45) is 0 Å². The lowest BCUT2D eigenvalue weighted by atomic mass is 10.1. The van der Waals surface area contributed by atoms with Gasteiger partial charge in [0.05, 0.1) is 25.0 Å². The number of hydrogen-bond acceptors (Lipinski definition) is 10. The summed E-state index contributed by atoms with van der Waals surface area (Å²) in [6, 6.07) is 3.10.